The van der Waals surface area contributed by atoms with Crippen molar-refractivity contribution in [1.29, 1.82) is 5.26 Å². The van der Waals surface area contributed by atoms with E-state index in [-0.39, 0.29) is 23.0 Å². The summed E-state index contributed by atoms with van der Waals surface area (Å²) in [7, 11) is 0. The van der Waals surface area contributed by atoms with Gasteiger partial charge in [-0.3, -0.25) is 4.79 Å². The molecule has 0 saturated carbocycles. The van der Waals surface area contributed by atoms with Crippen LogP contribution in [0.2, 0.25) is 0 Å². The van der Waals surface area contributed by atoms with Crippen molar-refractivity contribution >= 4 is 45.2 Å². The zero-order chi connectivity index (χ0) is 11.7. The molecule has 2 N–H and O–H groups in total. The Bertz CT molecular complexity index is 349. The molecule has 1 aromatic rings. The maximum absolute atomic E-state index is 9.53. The van der Waals surface area contributed by atoms with E-state index in [1.54, 1.807) is 12.1 Å². The molecular formula is C10H11BrCl2N2O. The van der Waals surface area contributed by atoms with Crippen molar-refractivity contribution in [3.05, 3.63) is 35.4 Å². The Morgan fingerprint density at radius 2 is 1.88 bits per heavy atom. The Balaban J connectivity index is 0. The molecule has 3 nitrogen and oxygen atoms in total. The highest BCUT2D eigenvalue weighted by Crippen LogP contribution is 2.01. The van der Waals surface area contributed by atoms with Crippen LogP contribution in [0.15, 0.2) is 24.3 Å². The van der Waals surface area contributed by atoms with Gasteiger partial charge in [-0.25, -0.2) is 0 Å². The molecule has 0 fully saturated rings. The van der Waals surface area contributed by atoms with Crippen molar-refractivity contribution in [3.8, 4) is 6.07 Å². The molecule has 0 unspecified atom stereocenters. The molecule has 0 radical (unpaired) electrons. The Morgan fingerprint density at radius 3 is 2.12 bits per heavy atom. The lowest BCUT2D eigenvalue weighted by Crippen LogP contribution is -1.94. The first-order valence-electron chi connectivity index (χ1n) is 4.07. The van der Waals surface area contributed by atoms with Gasteiger partial charge in [-0.15, -0.1) is 12.4 Å². The first-order chi connectivity index (χ1) is 7.13. The molecular weight excluding hydrogens is 315 g/mol. The second kappa shape index (κ2) is 10.9. The Morgan fingerprint density at radius 1 is 1.44 bits per heavy atom. The zero-order valence-corrected chi connectivity index (χ0v) is 11.5. The lowest BCUT2D eigenvalue weighted by molar-refractivity contribution is -0.109. The predicted octanol–water partition coefficient (Wildman–Crippen LogP) is 2.59. The van der Waals surface area contributed by atoms with E-state index in [4.69, 9.17) is 22.6 Å². The van der Waals surface area contributed by atoms with Crippen LogP contribution in [0.5, 0.6) is 0 Å². The van der Waals surface area contributed by atoms with Gasteiger partial charge in [0.2, 0.25) is 5.24 Å². The summed E-state index contributed by atoms with van der Waals surface area (Å²) in [6, 6.07) is 9.29. The van der Waals surface area contributed by atoms with E-state index in [2.05, 4.69) is 15.9 Å². The molecule has 88 valence electrons. The standard InChI is InChI=1S/C8H8N2.C2H2BrClO.ClH/c9-5-7-1-2-8(6-10)4-3-7;3-1-2(4)5;/h1-4H,5,9H2;1H2;1H. The molecule has 0 heterocycles. The first kappa shape index (κ1) is 17.8. The number of hydrogen-bond donors (Lipinski definition) is 1. The summed E-state index contributed by atoms with van der Waals surface area (Å²) in [5.74, 6) is 0. The van der Waals surface area contributed by atoms with Crippen LogP contribution in [0.1, 0.15) is 11.1 Å². The molecule has 6 heteroatoms. The summed E-state index contributed by atoms with van der Waals surface area (Å²) in [4.78, 5) is 9.53. The number of nitrogens with two attached hydrogens (primary N) is 1. The molecule has 0 saturated heterocycles. The van der Waals surface area contributed by atoms with Crippen LogP contribution in [-0.2, 0) is 11.3 Å². The number of carbonyl (C=O) groups is 1. The predicted molar refractivity (Wildman–Crippen MR) is 71.0 cm³/mol. The van der Waals surface area contributed by atoms with Gasteiger partial charge in [0.1, 0.15) is 0 Å². The summed E-state index contributed by atoms with van der Waals surface area (Å²) in [5, 5.41) is 8.31. The molecule has 0 aliphatic carbocycles. The number of nitrogens with zero attached hydrogens (tertiary/aromatic N) is 1. The molecule has 16 heavy (non-hydrogen) atoms. The molecule has 1 aromatic carbocycles. The van der Waals surface area contributed by atoms with Crippen LogP contribution < -0.4 is 5.73 Å². The van der Waals surface area contributed by atoms with Crippen LogP contribution in [0, 0.1) is 11.3 Å². The lowest BCUT2D eigenvalue weighted by atomic mass is 10.1. The van der Waals surface area contributed by atoms with Crippen molar-refractivity contribution in [1.82, 2.24) is 0 Å². The highest BCUT2D eigenvalue weighted by atomic mass is 79.9. The van der Waals surface area contributed by atoms with E-state index in [0.29, 0.717) is 12.1 Å². The van der Waals surface area contributed by atoms with Gasteiger partial charge in [0.05, 0.1) is 17.0 Å². The van der Waals surface area contributed by atoms with E-state index in [9.17, 15) is 4.79 Å². The number of carbonyl (C=O) groups excluding carboxylic acids is 1. The van der Waals surface area contributed by atoms with Gasteiger partial charge >= 0.3 is 0 Å². The van der Waals surface area contributed by atoms with Crippen molar-refractivity contribution in [2.45, 2.75) is 6.54 Å². The monoisotopic (exact) mass is 324 g/mol. The second-order valence-electron chi connectivity index (χ2n) is 2.50. The van der Waals surface area contributed by atoms with E-state index in [0.717, 1.165) is 5.56 Å². The van der Waals surface area contributed by atoms with Crippen molar-refractivity contribution < 1.29 is 4.79 Å². The van der Waals surface area contributed by atoms with Crippen LogP contribution in [-0.4, -0.2) is 10.6 Å². The largest absolute Gasteiger partial charge is 0.326 e. The number of alkyl halides is 1. The van der Waals surface area contributed by atoms with E-state index in [1.165, 1.54) is 0 Å². The fourth-order valence-corrected chi connectivity index (χ4v) is 0.715. The molecule has 0 bridgehead atoms. The van der Waals surface area contributed by atoms with Crippen LogP contribution in [0.4, 0.5) is 0 Å². The molecule has 0 aliphatic heterocycles. The van der Waals surface area contributed by atoms with Crippen molar-refractivity contribution in [2.75, 3.05) is 5.33 Å². The average Bonchev–Trinajstić information content (AvgIpc) is 2.30. The Kier molecular flexibility index (Phi) is 12.1. The fraction of sp³-hybridized carbons (Fsp3) is 0.200. The third-order valence-corrected chi connectivity index (χ3v) is 2.39. The number of benzene rings is 1. The third kappa shape index (κ3) is 8.69. The molecule has 1 rings (SSSR count). The maximum atomic E-state index is 9.53. The van der Waals surface area contributed by atoms with Crippen molar-refractivity contribution in [3.63, 3.8) is 0 Å². The minimum atomic E-state index is -0.356. The summed E-state index contributed by atoms with van der Waals surface area (Å²) >= 11 is 7.61. The number of rotatable bonds is 2. The van der Waals surface area contributed by atoms with Crippen LogP contribution in [0.25, 0.3) is 0 Å². The second-order valence-corrected chi connectivity index (χ2v) is 3.48. The maximum Gasteiger partial charge on any atom is 0.232 e. The van der Waals surface area contributed by atoms with Gasteiger partial charge in [0.15, 0.2) is 0 Å². The highest BCUT2D eigenvalue weighted by molar-refractivity contribution is 9.09. The van der Waals surface area contributed by atoms with E-state index in [1.807, 2.05) is 18.2 Å². The van der Waals surface area contributed by atoms with Gasteiger partial charge < -0.3 is 5.73 Å². The summed E-state index contributed by atoms with van der Waals surface area (Å²) < 4.78 is 0. The Hall–Kier alpha value is -0.600. The van der Waals surface area contributed by atoms with Gasteiger partial charge in [-0.2, -0.15) is 5.26 Å². The average molecular weight is 326 g/mol. The van der Waals surface area contributed by atoms with Gasteiger partial charge in [-0.05, 0) is 29.3 Å². The SMILES string of the molecule is Cl.N#Cc1ccc(CN)cc1.O=C(Cl)CBr. The number of nitriles is 1. The molecule has 0 atom stereocenters. The number of halogens is 3. The lowest BCUT2D eigenvalue weighted by Gasteiger charge is -1.93. The van der Waals surface area contributed by atoms with Gasteiger partial charge in [-0.1, -0.05) is 28.1 Å². The van der Waals surface area contributed by atoms with E-state index < -0.39 is 0 Å². The first-order valence-corrected chi connectivity index (χ1v) is 5.57. The molecule has 0 aromatic heterocycles. The third-order valence-electron chi connectivity index (χ3n) is 1.42. The smallest absolute Gasteiger partial charge is 0.232 e. The van der Waals surface area contributed by atoms with Gasteiger partial charge in [0.25, 0.3) is 0 Å². The molecule has 0 aliphatic rings. The summed E-state index contributed by atoms with van der Waals surface area (Å²) in [6.45, 7) is 0.533. The normalized spacial score (nSPS) is 7.88. The number of hydrogen-bond acceptors (Lipinski definition) is 3. The topological polar surface area (TPSA) is 66.9 Å². The molecule has 0 amide bonds. The van der Waals surface area contributed by atoms with Crippen LogP contribution in [0.3, 0.4) is 0 Å². The van der Waals surface area contributed by atoms with Crippen LogP contribution >= 0.6 is 39.9 Å². The zero-order valence-electron chi connectivity index (χ0n) is 8.32. The highest BCUT2D eigenvalue weighted by Gasteiger charge is 1.88. The Labute approximate surface area is 114 Å². The van der Waals surface area contributed by atoms with Gasteiger partial charge in [0, 0.05) is 6.54 Å². The quantitative estimate of drug-likeness (QED) is 0.671. The summed E-state index contributed by atoms with van der Waals surface area (Å²) in [5.41, 5.74) is 7.09. The fourth-order valence-electron chi connectivity index (χ4n) is 0.715. The molecule has 0 spiro atoms. The van der Waals surface area contributed by atoms with Crippen molar-refractivity contribution in [2.24, 2.45) is 5.73 Å². The summed E-state index contributed by atoms with van der Waals surface area (Å²) in [6.07, 6.45) is 0. The minimum absolute atomic E-state index is 0. The minimum Gasteiger partial charge on any atom is -0.326 e. The van der Waals surface area contributed by atoms with E-state index >= 15 is 0 Å².